The van der Waals surface area contributed by atoms with Crippen molar-refractivity contribution in [3.8, 4) is 0 Å². The van der Waals surface area contributed by atoms with Crippen molar-refractivity contribution >= 4 is 46.4 Å². The first-order valence-electron chi connectivity index (χ1n) is 5.97. The maximum atomic E-state index is 12.0. The highest BCUT2D eigenvalue weighted by molar-refractivity contribution is 6.42. The molecule has 0 saturated carbocycles. The Morgan fingerprint density at radius 2 is 2.00 bits per heavy atom. The van der Waals surface area contributed by atoms with E-state index in [0.29, 0.717) is 16.4 Å². The fourth-order valence-electron chi connectivity index (χ4n) is 1.59. The van der Waals surface area contributed by atoms with Crippen LogP contribution in [0.1, 0.15) is 18.7 Å². The molecule has 6 nitrogen and oxygen atoms in total. The number of nitrogens with two attached hydrogens (primary N) is 1. The van der Waals surface area contributed by atoms with E-state index in [1.54, 1.807) is 13.1 Å². The second-order valence-corrected chi connectivity index (χ2v) is 5.67. The second-order valence-electron chi connectivity index (χ2n) is 4.42. The number of halogens is 3. The van der Waals surface area contributed by atoms with Gasteiger partial charge in [-0.1, -0.05) is 40.0 Å². The fraction of sp³-hybridized carbons (Fsp3) is 0.250. The Kier molecular flexibility index (Phi) is 5.05. The molecule has 0 aliphatic rings. The maximum Gasteiger partial charge on any atom is 0.246 e. The number of amides is 1. The van der Waals surface area contributed by atoms with Crippen LogP contribution in [0.2, 0.25) is 15.1 Å². The van der Waals surface area contributed by atoms with Crippen LogP contribution in [0, 0.1) is 0 Å². The number of aromatic nitrogens is 3. The van der Waals surface area contributed by atoms with Gasteiger partial charge in [-0.3, -0.25) is 4.79 Å². The van der Waals surface area contributed by atoms with Gasteiger partial charge in [-0.05, 0) is 19.1 Å². The van der Waals surface area contributed by atoms with Crippen molar-refractivity contribution in [1.82, 2.24) is 15.0 Å². The van der Waals surface area contributed by atoms with E-state index in [1.165, 1.54) is 16.8 Å². The number of nitrogens with one attached hydrogen (secondary N) is 1. The van der Waals surface area contributed by atoms with Crippen LogP contribution in [0.15, 0.2) is 18.3 Å². The number of nitrogens with zero attached hydrogens (tertiary/aromatic N) is 3. The number of benzene rings is 1. The molecule has 0 bridgehead atoms. The van der Waals surface area contributed by atoms with Gasteiger partial charge in [0.2, 0.25) is 5.91 Å². The zero-order valence-corrected chi connectivity index (χ0v) is 13.2. The van der Waals surface area contributed by atoms with Gasteiger partial charge in [0.05, 0.1) is 27.6 Å². The molecule has 0 aliphatic carbocycles. The highest BCUT2D eigenvalue weighted by Crippen LogP contribution is 2.33. The number of hydrogen-bond donors (Lipinski definition) is 2. The molecular formula is C12H12Cl3N5O. The largest absolute Gasteiger partial charge is 0.323 e. The topological polar surface area (TPSA) is 85.8 Å². The summed E-state index contributed by atoms with van der Waals surface area (Å²) in [4.78, 5) is 12.0. The van der Waals surface area contributed by atoms with Gasteiger partial charge >= 0.3 is 0 Å². The summed E-state index contributed by atoms with van der Waals surface area (Å²) in [5.74, 6) is -0.345. The highest BCUT2D eigenvalue weighted by Gasteiger charge is 2.13. The van der Waals surface area contributed by atoms with E-state index < -0.39 is 0 Å². The van der Waals surface area contributed by atoms with Crippen LogP contribution in [-0.4, -0.2) is 20.9 Å². The summed E-state index contributed by atoms with van der Waals surface area (Å²) in [7, 11) is 0. The third kappa shape index (κ3) is 4.07. The third-order valence-electron chi connectivity index (χ3n) is 2.60. The Bertz CT molecular complexity index is 648. The summed E-state index contributed by atoms with van der Waals surface area (Å²) in [6.07, 6.45) is 1.61. The molecule has 0 saturated heterocycles. The quantitative estimate of drug-likeness (QED) is 0.889. The third-order valence-corrected chi connectivity index (χ3v) is 3.41. The van der Waals surface area contributed by atoms with Crippen LogP contribution in [0.25, 0.3) is 0 Å². The molecule has 21 heavy (non-hydrogen) atoms. The van der Waals surface area contributed by atoms with Crippen molar-refractivity contribution in [3.63, 3.8) is 0 Å². The van der Waals surface area contributed by atoms with Crippen LogP contribution in [0.5, 0.6) is 0 Å². The minimum Gasteiger partial charge on any atom is -0.323 e. The van der Waals surface area contributed by atoms with Crippen molar-refractivity contribution < 1.29 is 4.79 Å². The van der Waals surface area contributed by atoms with E-state index >= 15 is 0 Å². The van der Waals surface area contributed by atoms with Crippen LogP contribution < -0.4 is 11.1 Å². The molecular weight excluding hydrogens is 337 g/mol. The van der Waals surface area contributed by atoms with Gasteiger partial charge in [-0.25, -0.2) is 4.68 Å². The molecule has 1 aromatic carbocycles. The van der Waals surface area contributed by atoms with Gasteiger partial charge in [-0.2, -0.15) is 0 Å². The molecule has 2 rings (SSSR count). The maximum absolute atomic E-state index is 12.0. The van der Waals surface area contributed by atoms with Gasteiger partial charge < -0.3 is 11.1 Å². The van der Waals surface area contributed by atoms with E-state index in [4.69, 9.17) is 40.5 Å². The molecule has 1 aromatic heterocycles. The molecule has 0 radical (unpaired) electrons. The predicted molar refractivity (Wildman–Crippen MR) is 82.7 cm³/mol. The molecule has 9 heteroatoms. The standard InChI is InChI=1S/C12H12Cl3N5O/c1-6(16)10-4-20(19-18-10)5-11(21)17-12-8(14)2-7(13)3-9(12)15/h2-4,6H,5,16H2,1H3,(H,17,21). The molecule has 1 unspecified atom stereocenters. The lowest BCUT2D eigenvalue weighted by Gasteiger charge is -2.09. The minimum atomic E-state index is -0.345. The molecule has 1 amide bonds. The zero-order valence-electron chi connectivity index (χ0n) is 11.0. The summed E-state index contributed by atoms with van der Waals surface area (Å²) >= 11 is 17.8. The summed E-state index contributed by atoms with van der Waals surface area (Å²) in [5.41, 5.74) is 6.58. The zero-order chi connectivity index (χ0) is 15.6. The molecule has 3 N–H and O–H groups in total. The van der Waals surface area contributed by atoms with Crippen LogP contribution in [0.4, 0.5) is 5.69 Å². The summed E-state index contributed by atoms with van der Waals surface area (Å²) in [6, 6.07) is 2.74. The van der Waals surface area contributed by atoms with E-state index in [2.05, 4.69) is 15.6 Å². The molecule has 1 atom stereocenters. The van der Waals surface area contributed by atoms with Crippen molar-refractivity contribution in [2.75, 3.05) is 5.32 Å². The molecule has 0 spiro atoms. The van der Waals surface area contributed by atoms with E-state index in [9.17, 15) is 4.79 Å². The van der Waals surface area contributed by atoms with Gasteiger partial charge in [0, 0.05) is 11.1 Å². The van der Waals surface area contributed by atoms with E-state index in [1.807, 2.05) is 0 Å². The summed E-state index contributed by atoms with van der Waals surface area (Å²) in [5, 5.41) is 11.2. The highest BCUT2D eigenvalue weighted by atomic mass is 35.5. The Labute approximate surface area is 136 Å². The van der Waals surface area contributed by atoms with Gasteiger partial charge in [0.15, 0.2) is 0 Å². The average molecular weight is 349 g/mol. The number of carbonyl (C=O) groups excluding carboxylic acids is 1. The van der Waals surface area contributed by atoms with E-state index in [-0.39, 0.29) is 28.5 Å². The van der Waals surface area contributed by atoms with Crippen LogP contribution >= 0.6 is 34.8 Å². The fourth-order valence-corrected chi connectivity index (χ4v) is 2.50. The van der Waals surface area contributed by atoms with Crippen LogP contribution in [-0.2, 0) is 11.3 Å². The van der Waals surface area contributed by atoms with Crippen LogP contribution in [0.3, 0.4) is 0 Å². The molecule has 112 valence electrons. The first kappa shape index (κ1) is 16.0. The smallest absolute Gasteiger partial charge is 0.246 e. The lowest BCUT2D eigenvalue weighted by Crippen LogP contribution is -2.19. The lowest BCUT2D eigenvalue weighted by atomic mass is 10.3. The van der Waals surface area contributed by atoms with Gasteiger partial charge in [0.1, 0.15) is 6.54 Å². The Morgan fingerprint density at radius 3 is 2.52 bits per heavy atom. The Hall–Kier alpha value is -1.34. The molecule has 2 aromatic rings. The first-order chi connectivity index (χ1) is 9.86. The Balaban J connectivity index is 2.08. The monoisotopic (exact) mass is 347 g/mol. The number of hydrogen-bond acceptors (Lipinski definition) is 4. The van der Waals surface area contributed by atoms with Gasteiger partial charge in [0.25, 0.3) is 0 Å². The lowest BCUT2D eigenvalue weighted by molar-refractivity contribution is -0.116. The predicted octanol–water partition coefficient (Wildman–Crippen LogP) is 2.90. The normalized spacial score (nSPS) is 12.2. The summed E-state index contributed by atoms with van der Waals surface area (Å²) < 4.78 is 1.38. The van der Waals surface area contributed by atoms with Crippen molar-refractivity contribution in [2.45, 2.75) is 19.5 Å². The minimum absolute atomic E-state index is 0.0327. The first-order valence-corrected chi connectivity index (χ1v) is 7.10. The second kappa shape index (κ2) is 6.62. The number of carbonyl (C=O) groups is 1. The molecule has 0 aliphatic heterocycles. The number of anilines is 1. The number of rotatable bonds is 4. The summed E-state index contributed by atoms with van der Waals surface area (Å²) in [6.45, 7) is 1.75. The van der Waals surface area contributed by atoms with Crippen molar-refractivity contribution in [3.05, 3.63) is 39.1 Å². The molecule has 1 heterocycles. The molecule has 0 fully saturated rings. The average Bonchev–Trinajstić information content (AvgIpc) is 2.82. The van der Waals surface area contributed by atoms with E-state index in [0.717, 1.165) is 0 Å². The van der Waals surface area contributed by atoms with Crippen molar-refractivity contribution in [2.24, 2.45) is 5.73 Å². The Morgan fingerprint density at radius 1 is 1.38 bits per heavy atom. The van der Waals surface area contributed by atoms with Gasteiger partial charge in [-0.15, -0.1) is 5.10 Å². The SMILES string of the molecule is CC(N)c1cn(CC(=O)Nc2c(Cl)cc(Cl)cc2Cl)nn1. The van der Waals surface area contributed by atoms with Crippen molar-refractivity contribution in [1.29, 1.82) is 0 Å².